The van der Waals surface area contributed by atoms with Gasteiger partial charge in [0.1, 0.15) is 5.60 Å². The molecular formula is C15H23N3O2. The zero-order valence-corrected chi connectivity index (χ0v) is 12.3. The van der Waals surface area contributed by atoms with E-state index in [1.54, 1.807) is 0 Å². The number of benzene rings is 1. The van der Waals surface area contributed by atoms with Gasteiger partial charge >= 0.3 is 6.09 Å². The van der Waals surface area contributed by atoms with Crippen LogP contribution in [0.15, 0.2) is 24.3 Å². The van der Waals surface area contributed by atoms with E-state index >= 15 is 0 Å². The van der Waals surface area contributed by atoms with E-state index in [0.717, 1.165) is 18.7 Å². The topological polar surface area (TPSA) is 76.4 Å². The van der Waals surface area contributed by atoms with E-state index in [1.165, 1.54) is 5.56 Å². The van der Waals surface area contributed by atoms with Crippen molar-refractivity contribution in [3.8, 4) is 0 Å². The van der Waals surface area contributed by atoms with Gasteiger partial charge in [0, 0.05) is 24.3 Å². The monoisotopic (exact) mass is 277 g/mol. The lowest BCUT2D eigenvalue weighted by molar-refractivity contribution is 0.0508. The molecule has 5 heteroatoms. The molecule has 5 nitrogen and oxygen atoms in total. The number of alkyl carbamates (subject to hydrolysis) is 1. The summed E-state index contributed by atoms with van der Waals surface area (Å²) in [6.07, 6.45) is 0.491. The van der Waals surface area contributed by atoms with Crippen LogP contribution >= 0.6 is 0 Å². The van der Waals surface area contributed by atoms with Crippen molar-refractivity contribution in [3.05, 3.63) is 29.8 Å². The lowest BCUT2D eigenvalue weighted by atomic mass is 10.0. The second kappa shape index (κ2) is 5.71. The van der Waals surface area contributed by atoms with Crippen LogP contribution in [0.1, 0.15) is 38.8 Å². The number of carbonyl (C=O) groups excluding carboxylic acids is 1. The smallest absolute Gasteiger partial charge is 0.407 e. The fourth-order valence-electron chi connectivity index (χ4n) is 2.30. The van der Waals surface area contributed by atoms with E-state index in [-0.39, 0.29) is 18.2 Å². The van der Waals surface area contributed by atoms with Gasteiger partial charge in [-0.25, -0.2) is 4.79 Å². The van der Waals surface area contributed by atoms with E-state index in [9.17, 15) is 4.79 Å². The molecule has 110 valence electrons. The number of amides is 1. The summed E-state index contributed by atoms with van der Waals surface area (Å²) in [6.45, 7) is 6.32. The fraction of sp³-hybridized carbons (Fsp3) is 0.533. The van der Waals surface area contributed by atoms with Crippen LogP contribution in [0.2, 0.25) is 0 Å². The number of carbonyl (C=O) groups is 1. The van der Waals surface area contributed by atoms with Crippen molar-refractivity contribution in [1.82, 2.24) is 10.6 Å². The Bertz CT molecular complexity index is 465. The van der Waals surface area contributed by atoms with Crippen molar-refractivity contribution in [2.24, 2.45) is 0 Å². The minimum atomic E-state index is -0.466. The molecule has 4 N–H and O–H groups in total. The first kappa shape index (κ1) is 14.7. The lowest BCUT2D eigenvalue weighted by Gasteiger charge is -2.21. The van der Waals surface area contributed by atoms with Crippen molar-refractivity contribution in [2.45, 2.75) is 44.9 Å². The molecule has 1 aromatic rings. The van der Waals surface area contributed by atoms with Gasteiger partial charge in [-0.1, -0.05) is 12.1 Å². The zero-order valence-electron chi connectivity index (χ0n) is 12.3. The van der Waals surface area contributed by atoms with Gasteiger partial charge < -0.3 is 21.1 Å². The highest BCUT2D eigenvalue weighted by atomic mass is 16.6. The minimum absolute atomic E-state index is 0.0902. The Morgan fingerprint density at radius 1 is 1.35 bits per heavy atom. The lowest BCUT2D eigenvalue weighted by Crippen LogP contribution is -2.40. The number of nitrogen functional groups attached to an aromatic ring is 1. The van der Waals surface area contributed by atoms with E-state index in [2.05, 4.69) is 10.6 Å². The van der Waals surface area contributed by atoms with Gasteiger partial charge in [-0.2, -0.15) is 0 Å². The molecular weight excluding hydrogens is 254 g/mol. The minimum Gasteiger partial charge on any atom is -0.444 e. The molecule has 0 aromatic heterocycles. The molecule has 2 atom stereocenters. The Hall–Kier alpha value is -1.75. The summed E-state index contributed by atoms with van der Waals surface area (Å²) < 4.78 is 5.26. The molecule has 0 saturated carbocycles. The summed E-state index contributed by atoms with van der Waals surface area (Å²) in [7, 11) is 0. The quantitative estimate of drug-likeness (QED) is 0.724. The molecule has 1 amide bonds. The van der Waals surface area contributed by atoms with Crippen LogP contribution in [0, 0.1) is 0 Å². The molecule has 1 aromatic carbocycles. The van der Waals surface area contributed by atoms with Crippen molar-refractivity contribution >= 4 is 11.8 Å². The van der Waals surface area contributed by atoms with Gasteiger partial charge in [0.05, 0.1) is 0 Å². The van der Waals surface area contributed by atoms with Crippen LogP contribution in [0.3, 0.4) is 0 Å². The summed E-state index contributed by atoms with van der Waals surface area (Å²) in [5.41, 5.74) is 7.16. The standard InChI is InChI=1S/C15H23N3O2/c1-15(2,3)20-14(19)18-12-8-13(17-9-12)10-4-6-11(16)7-5-10/h4-7,12-13,17H,8-9,16H2,1-3H3,(H,18,19). The van der Waals surface area contributed by atoms with Crippen LogP contribution in [-0.2, 0) is 4.74 Å². The average molecular weight is 277 g/mol. The molecule has 1 aliphatic rings. The van der Waals surface area contributed by atoms with Gasteiger partial charge in [0.2, 0.25) is 0 Å². The maximum absolute atomic E-state index is 11.7. The second-order valence-electron chi connectivity index (χ2n) is 6.21. The van der Waals surface area contributed by atoms with E-state index in [4.69, 9.17) is 10.5 Å². The molecule has 0 bridgehead atoms. The third-order valence-electron chi connectivity index (χ3n) is 3.19. The first-order valence-electron chi connectivity index (χ1n) is 6.92. The van der Waals surface area contributed by atoms with E-state index in [1.807, 2.05) is 45.0 Å². The zero-order chi connectivity index (χ0) is 14.8. The Labute approximate surface area is 119 Å². The second-order valence-corrected chi connectivity index (χ2v) is 6.21. The SMILES string of the molecule is CC(C)(C)OC(=O)NC1CNC(c2ccc(N)cc2)C1. The predicted octanol–water partition coefficient (Wildman–Crippen LogP) is 2.20. The number of anilines is 1. The van der Waals surface area contributed by atoms with Gasteiger partial charge in [0.25, 0.3) is 0 Å². The number of ether oxygens (including phenoxy) is 1. The third kappa shape index (κ3) is 4.13. The molecule has 2 unspecified atom stereocenters. The normalized spacial score (nSPS) is 22.6. The van der Waals surface area contributed by atoms with E-state index < -0.39 is 5.60 Å². The van der Waals surface area contributed by atoms with Gasteiger partial charge in [-0.05, 0) is 44.9 Å². The number of hydrogen-bond donors (Lipinski definition) is 3. The molecule has 1 fully saturated rings. The Morgan fingerprint density at radius 3 is 2.60 bits per heavy atom. The maximum Gasteiger partial charge on any atom is 0.407 e. The molecule has 0 aliphatic carbocycles. The Balaban J connectivity index is 1.86. The summed E-state index contributed by atoms with van der Waals surface area (Å²) in [5.74, 6) is 0. The third-order valence-corrected chi connectivity index (χ3v) is 3.19. The number of hydrogen-bond acceptors (Lipinski definition) is 4. The summed E-state index contributed by atoms with van der Waals surface area (Å²) in [6, 6.07) is 8.16. The first-order chi connectivity index (χ1) is 9.33. The van der Waals surface area contributed by atoms with Crippen molar-refractivity contribution in [3.63, 3.8) is 0 Å². The first-order valence-corrected chi connectivity index (χ1v) is 6.92. The van der Waals surface area contributed by atoms with Gasteiger partial charge in [0.15, 0.2) is 0 Å². The highest BCUT2D eigenvalue weighted by molar-refractivity contribution is 5.68. The van der Waals surface area contributed by atoms with Crippen LogP contribution in [0.4, 0.5) is 10.5 Å². The summed E-state index contributed by atoms with van der Waals surface area (Å²) >= 11 is 0. The number of nitrogens with two attached hydrogens (primary N) is 1. The van der Waals surface area contributed by atoms with Crippen LogP contribution < -0.4 is 16.4 Å². The molecule has 0 radical (unpaired) electrons. The number of nitrogens with one attached hydrogen (secondary N) is 2. The van der Waals surface area contributed by atoms with Crippen LogP contribution in [0.25, 0.3) is 0 Å². The molecule has 2 rings (SSSR count). The molecule has 1 aliphatic heterocycles. The number of rotatable bonds is 2. The van der Waals surface area contributed by atoms with Gasteiger partial charge in [-0.15, -0.1) is 0 Å². The largest absolute Gasteiger partial charge is 0.444 e. The van der Waals surface area contributed by atoms with Crippen molar-refractivity contribution < 1.29 is 9.53 Å². The summed E-state index contributed by atoms with van der Waals surface area (Å²) in [4.78, 5) is 11.7. The fourth-order valence-corrected chi connectivity index (χ4v) is 2.30. The summed E-state index contributed by atoms with van der Waals surface area (Å²) in [5, 5.41) is 6.30. The molecule has 0 spiro atoms. The maximum atomic E-state index is 11.7. The Kier molecular flexibility index (Phi) is 4.18. The predicted molar refractivity (Wildman–Crippen MR) is 79.4 cm³/mol. The van der Waals surface area contributed by atoms with Crippen LogP contribution in [0.5, 0.6) is 0 Å². The molecule has 20 heavy (non-hydrogen) atoms. The van der Waals surface area contributed by atoms with Crippen molar-refractivity contribution in [2.75, 3.05) is 12.3 Å². The molecule has 1 heterocycles. The highest BCUT2D eigenvalue weighted by Gasteiger charge is 2.27. The van der Waals surface area contributed by atoms with Crippen LogP contribution in [-0.4, -0.2) is 24.3 Å². The van der Waals surface area contributed by atoms with E-state index in [0.29, 0.717) is 0 Å². The Morgan fingerprint density at radius 2 is 2.00 bits per heavy atom. The average Bonchev–Trinajstić information content (AvgIpc) is 2.75. The molecule has 1 saturated heterocycles. The van der Waals surface area contributed by atoms with Gasteiger partial charge in [-0.3, -0.25) is 0 Å². The van der Waals surface area contributed by atoms with Crippen molar-refractivity contribution in [1.29, 1.82) is 0 Å². The highest BCUT2D eigenvalue weighted by Crippen LogP contribution is 2.24.